The molecule has 5 nitrogen and oxygen atoms in total. The summed E-state index contributed by atoms with van der Waals surface area (Å²) in [7, 11) is 0. The second kappa shape index (κ2) is 4.92. The molecule has 2 aliphatic rings. The number of nitrogens with zero attached hydrogens (tertiary/aromatic N) is 3. The van der Waals surface area contributed by atoms with Gasteiger partial charge in [-0.1, -0.05) is 12.2 Å². The topological polar surface area (TPSA) is 64.2 Å². The van der Waals surface area contributed by atoms with E-state index in [-0.39, 0.29) is 5.56 Å². The molecule has 6 heteroatoms. The Morgan fingerprint density at radius 1 is 1.47 bits per heavy atom. The molecule has 1 aromatic heterocycles. The minimum absolute atomic E-state index is 0.0276. The zero-order valence-corrected chi connectivity index (χ0v) is 11.6. The predicted molar refractivity (Wildman–Crippen MR) is 78.5 cm³/mol. The average Bonchev–Trinajstić information content (AvgIpc) is 3.24. The summed E-state index contributed by atoms with van der Waals surface area (Å²) in [6.45, 7) is 0.691. The van der Waals surface area contributed by atoms with Crippen molar-refractivity contribution in [3.63, 3.8) is 0 Å². The summed E-state index contributed by atoms with van der Waals surface area (Å²) in [6.07, 6.45) is 8.59. The molecule has 0 spiro atoms. The lowest BCUT2D eigenvalue weighted by Crippen LogP contribution is -2.36. The van der Waals surface area contributed by atoms with E-state index in [9.17, 15) is 4.79 Å². The fourth-order valence-corrected chi connectivity index (χ4v) is 2.42. The van der Waals surface area contributed by atoms with E-state index in [0.717, 1.165) is 25.7 Å². The van der Waals surface area contributed by atoms with Crippen LogP contribution in [0.5, 0.6) is 0 Å². The Hall–Kier alpha value is -1.43. The van der Waals surface area contributed by atoms with Crippen LogP contribution in [0.2, 0.25) is 0 Å². The third-order valence-electron chi connectivity index (χ3n) is 3.65. The van der Waals surface area contributed by atoms with Crippen LogP contribution in [-0.2, 0) is 0 Å². The van der Waals surface area contributed by atoms with Crippen LogP contribution in [0.1, 0.15) is 38.1 Å². The smallest absolute Gasteiger partial charge is 0.293 e. The first-order valence-electron chi connectivity index (χ1n) is 6.79. The quantitative estimate of drug-likeness (QED) is 0.793. The molecule has 0 amide bonds. The SMILES string of the molecule is NC(=S)CCN(c1nccn(C2CC2)c1=O)C1CC1. The van der Waals surface area contributed by atoms with Gasteiger partial charge in [0, 0.05) is 37.4 Å². The molecule has 1 heterocycles. The maximum absolute atomic E-state index is 12.5. The lowest BCUT2D eigenvalue weighted by molar-refractivity contribution is 0.680. The highest BCUT2D eigenvalue weighted by Gasteiger charge is 2.33. The van der Waals surface area contributed by atoms with Crippen molar-refractivity contribution in [1.29, 1.82) is 0 Å². The molecule has 0 aromatic carbocycles. The van der Waals surface area contributed by atoms with E-state index >= 15 is 0 Å². The van der Waals surface area contributed by atoms with Crippen LogP contribution in [0, 0.1) is 0 Å². The Bertz CT molecular complexity index is 548. The van der Waals surface area contributed by atoms with Gasteiger partial charge in [0.05, 0.1) is 4.99 Å². The van der Waals surface area contributed by atoms with Gasteiger partial charge >= 0.3 is 0 Å². The number of rotatable bonds is 6. The van der Waals surface area contributed by atoms with E-state index in [1.54, 1.807) is 12.4 Å². The van der Waals surface area contributed by atoms with Crippen LogP contribution in [0.4, 0.5) is 5.82 Å². The van der Waals surface area contributed by atoms with Gasteiger partial charge in [0.15, 0.2) is 5.82 Å². The van der Waals surface area contributed by atoms with Crippen molar-refractivity contribution in [1.82, 2.24) is 9.55 Å². The van der Waals surface area contributed by atoms with Crippen molar-refractivity contribution in [3.8, 4) is 0 Å². The maximum Gasteiger partial charge on any atom is 0.293 e. The Labute approximate surface area is 117 Å². The Morgan fingerprint density at radius 3 is 2.79 bits per heavy atom. The summed E-state index contributed by atoms with van der Waals surface area (Å²) in [5.41, 5.74) is 5.59. The van der Waals surface area contributed by atoms with Crippen molar-refractivity contribution in [3.05, 3.63) is 22.7 Å². The highest BCUT2D eigenvalue weighted by molar-refractivity contribution is 7.80. The Morgan fingerprint density at radius 2 is 2.21 bits per heavy atom. The molecule has 2 N–H and O–H groups in total. The van der Waals surface area contributed by atoms with Crippen LogP contribution in [0.3, 0.4) is 0 Å². The van der Waals surface area contributed by atoms with Crippen molar-refractivity contribution < 1.29 is 0 Å². The number of thiocarbonyl (C=S) groups is 1. The molecular formula is C13H18N4OS. The lowest BCUT2D eigenvalue weighted by atomic mass is 10.3. The number of aromatic nitrogens is 2. The minimum atomic E-state index is 0.0276. The van der Waals surface area contributed by atoms with Crippen molar-refractivity contribution in [2.24, 2.45) is 5.73 Å². The fraction of sp³-hybridized carbons (Fsp3) is 0.615. The molecular weight excluding hydrogens is 260 g/mol. The third kappa shape index (κ3) is 2.78. The molecule has 102 valence electrons. The molecule has 3 rings (SSSR count). The van der Waals surface area contributed by atoms with Gasteiger partial charge < -0.3 is 15.2 Å². The molecule has 0 radical (unpaired) electrons. The van der Waals surface area contributed by atoms with Crippen molar-refractivity contribution >= 4 is 23.0 Å². The van der Waals surface area contributed by atoms with Crippen LogP contribution < -0.4 is 16.2 Å². The Balaban J connectivity index is 1.87. The number of hydrogen-bond acceptors (Lipinski definition) is 4. The minimum Gasteiger partial charge on any atom is -0.393 e. The predicted octanol–water partition coefficient (Wildman–Crippen LogP) is 1.22. The molecule has 0 bridgehead atoms. The lowest BCUT2D eigenvalue weighted by Gasteiger charge is -2.23. The zero-order valence-electron chi connectivity index (χ0n) is 10.8. The van der Waals surface area contributed by atoms with Crippen molar-refractivity contribution in [2.45, 2.75) is 44.2 Å². The van der Waals surface area contributed by atoms with Gasteiger partial charge in [0.25, 0.3) is 5.56 Å². The van der Waals surface area contributed by atoms with E-state index in [4.69, 9.17) is 18.0 Å². The molecule has 0 unspecified atom stereocenters. The third-order valence-corrected chi connectivity index (χ3v) is 3.85. The molecule has 1 aromatic rings. The first-order chi connectivity index (χ1) is 9.16. The number of anilines is 1. The van der Waals surface area contributed by atoms with Crippen LogP contribution in [0.25, 0.3) is 0 Å². The summed E-state index contributed by atoms with van der Waals surface area (Å²) in [4.78, 5) is 19.3. The summed E-state index contributed by atoms with van der Waals surface area (Å²) < 4.78 is 1.82. The number of nitrogens with two attached hydrogens (primary N) is 1. The average molecular weight is 278 g/mol. The first kappa shape index (κ1) is 12.6. The van der Waals surface area contributed by atoms with Gasteiger partial charge in [-0.3, -0.25) is 4.79 Å². The normalized spacial score (nSPS) is 18.3. The van der Waals surface area contributed by atoms with E-state index in [2.05, 4.69) is 9.88 Å². The van der Waals surface area contributed by atoms with Gasteiger partial charge in [-0.15, -0.1) is 0 Å². The van der Waals surface area contributed by atoms with E-state index in [0.29, 0.717) is 35.9 Å². The van der Waals surface area contributed by atoms with Gasteiger partial charge in [-0.05, 0) is 25.7 Å². The number of hydrogen-bond donors (Lipinski definition) is 1. The molecule has 2 aliphatic carbocycles. The van der Waals surface area contributed by atoms with E-state index < -0.39 is 0 Å². The van der Waals surface area contributed by atoms with E-state index in [1.807, 2.05) is 4.57 Å². The zero-order chi connectivity index (χ0) is 13.4. The highest BCUT2D eigenvalue weighted by Crippen LogP contribution is 2.34. The van der Waals surface area contributed by atoms with Crippen LogP contribution in [-0.4, -0.2) is 27.1 Å². The molecule has 0 atom stereocenters. The van der Waals surface area contributed by atoms with E-state index in [1.165, 1.54) is 0 Å². The van der Waals surface area contributed by atoms with Crippen molar-refractivity contribution in [2.75, 3.05) is 11.4 Å². The first-order valence-corrected chi connectivity index (χ1v) is 7.19. The summed E-state index contributed by atoms with van der Waals surface area (Å²) in [5.74, 6) is 0.563. The summed E-state index contributed by atoms with van der Waals surface area (Å²) >= 11 is 4.93. The summed E-state index contributed by atoms with van der Waals surface area (Å²) in [5, 5.41) is 0. The largest absolute Gasteiger partial charge is 0.393 e. The van der Waals surface area contributed by atoms with Gasteiger partial charge in [0.2, 0.25) is 0 Å². The molecule has 0 saturated heterocycles. The molecule has 19 heavy (non-hydrogen) atoms. The summed E-state index contributed by atoms with van der Waals surface area (Å²) in [6, 6.07) is 0.815. The van der Waals surface area contributed by atoms with Gasteiger partial charge in [-0.2, -0.15) is 0 Å². The maximum atomic E-state index is 12.5. The monoisotopic (exact) mass is 278 g/mol. The van der Waals surface area contributed by atoms with Crippen LogP contribution in [0.15, 0.2) is 17.2 Å². The second-order valence-corrected chi connectivity index (χ2v) is 5.86. The standard InChI is InChI=1S/C13H18N4OS/c14-11(19)5-7-16(9-1-2-9)12-13(18)17(8-6-15-12)10-3-4-10/h6,8-10H,1-5,7H2,(H2,14,19). The highest BCUT2D eigenvalue weighted by atomic mass is 32.1. The molecule has 2 saturated carbocycles. The van der Waals surface area contributed by atoms with Crippen LogP contribution >= 0.6 is 12.2 Å². The fourth-order valence-electron chi connectivity index (χ4n) is 2.33. The van der Waals surface area contributed by atoms with Gasteiger partial charge in [-0.25, -0.2) is 4.98 Å². The molecule has 0 aliphatic heterocycles. The second-order valence-electron chi connectivity index (χ2n) is 5.34. The molecule has 2 fully saturated rings. The Kier molecular flexibility index (Phi) is 3.26. The van der Waals surface area contributed by atoms with Gasteiger partial charge in [0.1, 0.15) is 0 Å².